The molecule has 0 radical (unpaired) electrons. The fourth-order valence-electron chi connectivity index (χ4n) is 1.40. The Balaban J connectivity index is 2.74. The maximum atomic E-state index is 12.5. The van der Waals surface area contributed by atoms with Crippen molar-refractivity contribution in [1.82, 2.24) is 0 Å². The van der Waals surface area contributed by atoms with Gasteiger partial charge in [0.25, 0.3) is 0 Å². The third kappa shape index (κ3) is 4.78. The maximum absolute atomic E-state index is 12.5. The number of rotatable bonds is 5. The first-order valence-corrected chi connectivity index (χ1v) is 5.53. The summed E-state index contributed by atoms with van der Waals surface area (Å²) in [6.45, 7) is 0.377. The monoisotopic (exact) mass is 277 g/mol. The molecular formula is C12H14F3NO3. The van der Waals surface area contributed by atoms with Crippen LogP contribution in [0.25, 0.3) is 0 Å². The molecule has 0 saturated carbocycles. The number of carbonyl (C=O) groups is 1. The average Bonchev–Trinajstić information content (AvgIpc) is 2.31. The van der Waals surface area contributed by atoms with E-state index in [1.54, 1.807) is 0 Å². The predicted octanol–water partition coefficient (Wildman–Crippen LogP) is 2.78. The van der Waals surface area contributed by atoms with Gasteiger partial charge in [0.15, 0.2) is 0 Å². The molecule has 0 atom stereocenters. The smallest absolute Gasteiger partial charge is 0.416 e. The third-order valence-corrected chi connectivity index (χ3v) is 2.35. The van der Waals surface area contributed by atoms with Crippen LogP contribution in [0.2, 0.25) is 0 Å². The van der Waals surface area contributed by atoms with Crippen molar-refractivity contribution < 1.29 is 27.8 Å². The van der Waals surface area contributed by atoms with E-state index in [1.807, 2.05) is 0 Å². The topological polar surface area (TPSA) is 58.6 Å². The van der Waals surface area contributed by atoms with Crippen molar-refractivity contribution in [2.45, 2.75) is 19.0 Å². The molecule has 0 bridgehead atoms. The fourth-order valence-corrected chi connectivity index (χ4v) is 1.40. The van der Waals surface area contributed by atoms with Crippen LogP contribution in [0, 0.1) is 0 Å². The Labute approximate surface area is 108 Å². The van der Waals surface area contributed by atoms with Crippen molar-refractivity contribution in [3.63, 3.8) is 0 Å². The van der Waals surface area contributed by atoms with E-state index in [1.165, 1.54) is 7.11 Å². The number of carbonyl (C=O) groups excluding carboxylic acids is 1. The van der Waals surface area contributed by atoms with Crippen molar-refractivity contribution in [3.8, 4) is 5.75 Å². The van der Waals surface area contributed by atoms with E-state index in [0.717, 1.165) is 12.1 Å². The molecule has 0 aromatic heterocycles. The average molecular weight is 277 g/mol. The standard InChI is InChI=1S/C12H14F3NO3/c1-19-6-2-3-11(18)16-9-7-8(12(13,14)15)4-5-10(9)17/h4-5,7,17H,2-3,6H2,1H3,(H,16,18). The SMILES string of the molecule is COCCCC(=O)Nc1cc(C(F)(F)F)ccc1O. The number of alkyl halides is 3. The first kappa shape index (κ1) is 15.3. The second kappa shape index (κ2) is 6.42. The summed E-state index contributed by atoms with van der Waals surface area (Å²) in [5.41, 5.74) is -1.19. The van der Waals surface area contributed by atoms with Crippen molar-refractivity contribution in [2.75, 3.05) is 19.0 Å². The number of nitrogens with one attached hydrogen (secondary N) is 1. The van der Waals surface area contributed by atoms with Crippen LogP contribution in [0.15, 0.2) is 18.2 Å². The van der Waals surface area contributed by atoms with Crippen molar-refractivity contribution in [2.24, 2.45) is 0 Å². The summed E-state index contributed by atoms with van der Waals surface area (Å²) in [5, 5.41) is 11.7. The maximum Gasteiger partial charge on any atom is 0.416 e. The molecule has 4 nitrogen and oxygen atoms in total. The Kier molecular flexibility index (Phi) is 5.17. The number of benzene rings is 1. The molecule has 0 spiro atoms. The second-order valence-corrected chi connectivity index (χ2v) is 3.87. The molecule has 7 heteroatoms. The molecule has 2 N–H and O–H groups in total. The van der Waals surface area contributed by atoms with Crippen LogP contribution in [-0.4, -0.2) is 24.7 Å². The molecule has 1 rings (SSSR count). The minimum atomic E-state index is -4.52. The second-order valence-electron chi connectivity index (χ2n) is 3.87. The first-order valence-electron chi connectivity index (χ1n) is 5.53. The van der Waals surface area contributed by atoms with Gasteiger partial charge < -0.3 is 15.2 Å². The number of halogens is 3. The summed E-state index contributed by atoms with van der Waals surface area (Å²) in [7, 11) is 1.48. The molecule has 0 aliphatic heterocycles. The quantitative estimate of drug-likeness (QED) is 0.642. The van der Waals surface area contributed by atoms with Gasteiger partial charge in [-0.15, -0.1) is 0 Å². The van der Waals surface area contributed by atoms with Gasteiger partial charge in [-0.2, -0.15) is 13.2 Å². The van der Waals surface area contributed by atoms with Crippen LogP contribution < -0.4 is 5.32 Å². The Morgan fingerprint density at radius 3 is 2.68 bits per heavy atom. The largest absolute Gasteiger partial charge is 0.506 e. The van der Waals surface area contributed by atoms with Crippen LogP contribution in [0.5, 0.6) is 5.75 Å². The highest BCUT2D eigenvalue weighted by atomic mass is 19.4. The summed E-state index contributed by atoms with van der Waals surface area (Å²) < 4.78 is 42.2. The molecule has 0 aliphatic carbocycles. The Hall–Kier alpha value is -1.76. The molecule has 1 aromatic rings. The highest BCUT2D eigenvalue weighted by Gasteiger charge is 2.31. The number of hydrogen-bond acceptors (Lipinski definition) is 3. The zero-order valence-corrected chi connectivity index (χ0v) is 10.3. The van der Waals surface area contributed by atoms with Crippen molar-refractivity contribution in [3.05, 3.63) is 23.8 Å². The lowest BCUT2D eigenvalue weighted by atomic mass is 10.1. The van der Waals surface area contributed by atoms with Gasteiger partial charge in [-0.3, -0.25) is 4.79 Å². The van der Waals surface area contributed by atoms with Gasteiger partial charge in [0.05, 0.1) is 11.3 Å². The highest BCUT2D eigenvalue weighted by molar-refractivity contribution is 5.92. The number of amides is 1. The van der Waals surface area contributed by atoms with Gasteiger partial charge in [-0.05, 0) is 24.6 Å². The zero-order valence-electron chi connectivity index (χ0n) is 10.3. The lowest BCUT2D eigenvalue weighted by Gasteiger charge is -2.11. The van der Waals surface area contributed by atoms with Crippen LogP contribution in [0.4, 0.5) is 18.9 Å². The van der Waals surface area contributed by atoms with E-state index in [9.17, 15) is 23.1 Å². The molecule has 106 valence electrons. The van der Waals surface area contributed by atoms with Gasteiger partial charge in [0.1, 0.15) is 5.75 Å². The van der Waals surface area contributed by atoms with E-state index >= 15 is 0 Å². The number of ether oxygens (including phenoxy) is 1. The van der Waals surface area contributed by atoms with Crippen LogP contribution in [0.3, 0.4) is 0 Å². The third-order valence-electron chi connectivity index (χ3n) is 2.35. The van der Waals surface area contributed by atoms with E-state index < -0.39 is 23.4 Å². The summed E-state index contributed by atoms with van der Waals surface area (Å²) in [5.74, 6) is -0.889. The number of aromatic hydroxyl groups is 1. The van der Waals surface area contributed by atoms with Gasteiger partial charge >= 0.3 is 6.18 Å². The molecule has 0 saturated heterocycles. The summed E-state index contributed by atoms with van der Waals surface area (Å²) in [6.07, 6.45) is -3.98. The van der Waals surface area contributed by atoms with Crippen LogP contribution in [-0.2, 0) is 15.7 Å². The number of phenols is 1. The Bertz CT molecular complexity index is 446. The molecule has 1 aromatic carbocycles. The molecule has 1 amide bonds. The van der Waals surface area contributed by atoms with Gasteiger partial charge in [0.2, 0.25) is 5.91 Å². The summed E-state index contributed by atoms with van der Waals surface area (Å²) >= 11 is 0. The molecule has 19 heavy (non-hydrogen) atoms. The lowest BCUT2D eigenvalue weighted by molar-refractivity contribution is -0.137. The predicted molar refractivity (Wildman–Crippen MR) is 62.8 cm³/mol. The summed E-state index contributed by atoms with van der Waals surface area (Å²) in [4.78, 5) is 11.4. The molecular weight excluding hydrogens is 263 g/mol. The number of anilines is 1. The van der Waals surface area contributed by atoms with Crippen LogP contribution >= 0.6 is 0 Å². The lowest BCUT2D eigenvalue weighted by Crippen LogP contribution is -2.13. The Morgan fingerprint density at radius 2 is 2.11 bits per heavy atom. The first-order chi connectivity index (χ1) is 8.84. The Morgan fingerprint density at radius 1 is 1.42 bits per heavy atom. The van der Waals surface area contributed by atoms with Gasteiger partial charge in [-0.1, -0.05) is 0 Å². The number of phenolic OH excluding ortho intramolecular Hbond substituents is 1. The van der Waals surface area contributed by atoms with E-state index in [2.05, 4.69) is 5.32 Å². The highest BCUT2D eigenvalue weighted by Crippen LogP contribution is 2.34. The fraction of sp³-hybridized carbons (Fsp3) is 0.417. The molecule has 0 fully saturated rings. The molecule has 0 heterocycles. The summed E-state index contributed by atoms with van der Waals surface area (Å²) in [6, 6.07) is 2.34. The minimum Gasteiger partial charge on any atom is -0.506 e. The molecule has 0 unspecified atom stereocenters. The van der Waals surface area contributed by atoms with E-state index in [4.69, 9.17) is 4.74 Å². The van der Waals surface area contributed by atoms with Gasteiger partial charge in [0, 0.05) is 20.1 Å². The van der Waals surface area contributed by atoms with Crippen LogP contribution in [0.1, 0.15) is 18.4 Å². The van der Waals surface area contributed by atoms with E-state index in [-0.39, 0.29) is 12.1 Å². The zero-order chi connectivity index (χ0) is 14.5. The van der Waals surface area contributed by atoms with Gasteiger partial charge in [-0.25, -0.2) is 0 Å². The van der Waals surface area contributed by atoms with Crippen molar-refractivity contribution >= 4 is 11.6 Å². The molecule has 0 aliphatic rings. The number of methoxy groups -OCH3 is 1. The van der Waals surface area contributed by atoms with E-state index in [0.29, 0.717) is 19.1 Å². The number of hydrogen-bond donors (Lipinski definition) is 2. The normalized spacial score (nSPS) is 11.4. The minimum absolute atomic E-state index is 0.101. The van der Waals surface area contributed by atoms with Crippen molar-refractivity contribution in [1.29, 1.82) is 0 Å².